The van der Waals surface area contributed by atoms with Gasteiger partial charge in [0.05, 0.1) is 38.0 Å². The number of ether oxygens (including phenoxy) is 2. The minimum absolute atomic E-state index is 0.719. The molecule has 0 unspecified atom stereocenters. The lowest BCUT2D eigenvalue weighted by Crippen LogP contribution is -2.36. The van der Waals surface area contributed by atoms with E-state index >= 15 is 0 Å². The molecule has 2 aromatic carbocycles. The number of fused-ring (bicyclic) bond motifs is 2. The summed E-state index contributed by atoms with van der Waals surface area (Å²) in [5, 5.41) is 15.1. The van der Waals surface area contributed by atoms with Crippen molar-refractivity contribution >= 4 is 76.8 Å². The monoisotopic (exact) mass is 616 g/mol. The molecule has 13 heteroatoms. The van der Waals surface area contributed by atoms with Crippen LogP contribution in [0.25, 0.3) is 9.92 Å². The van der Waals surface area contributed by atoms with Crippen LogP contribution in [0.4, 0.5) is 21.6 Å². The fourth-order valence-electron chi connectivity index (χ4n) is 3.53. The molecule has 0 N–H and O–H groups in total. The smallest absolute Gasteiger partial charge is 0.232 e. The van der Waals surface area contributed by atoms with E-state index in [-0.39, 0.29) is 0 Å². The van der Waals surface area contributed by atoms with Crippen LogP contribution in [0.15, 0.2) is 67.1 Å². The summed E-state index contributed by atoms with van der Waals surface area (Å²) in [5.74, 6) is 1.53. The molecule has 0 radical (unpaired) electrons. The molecule has 6 aromatic rings. The lowest BCUT2D eigenvalue weighted by Gasteiger charge is -2.33. The maximum Gasteiger partial charge on any atom is 0.232 e. The number of halogens is 1. The number of rotatable bonds is 7. The number of imidazole rings is 2. The number of aromatic nitrogens is 6. The normalized spacial score (nSPS) is 11.3. The van der Waals surface area contributed by atoms with E-state index in [9.17, 15) is 0 Å². The predicted molar refractivity (Wildman–Crippen MR) is 145 cm³/mol. The van der Waals surface area contributed by atoms with Gasteiger partial charge in [-0.1, -0.05) is 22.7 Å². The second-order valence-electron chi connectivity index (χ2n) is 7.23. The van der Waals surface area contributed by atoms with Crippen LogP contribution in [0, 0.1) is 3.70 Å². The van der Waals surface area contributed by atoms with Gasteiger partial charge in [-0.25, -0.2) is 29.0 Å². The van der Waals surface area contributed by atoms with Gasteiger partial charge in [-0.3, -0.25) is 0 Å². The van der Waals surface area contributed by atoms with E-state index in [2.05, 4.69) is 32.6 Å². The van der Waals surface area contributed by atoms with Crippen molar-refractivity contribution in [2.24, 2.45) is 0 Å². The molecule has 0 fully saturated rings. The summed E-state index contributed by atoms with van der Waals surface area (Å²) in [6.45, 7) is 0. The van der Waals surface area contributed by atoms with Crippen LogP contribution in [0.2, 0.25) is 0 Å². The Bertz CT molecular complexity index is 1550. The van der Waals surface area contributed by atoms with Gasteiger partial charge in [0.1, 0.15) is 15.2 Å². The molecule has 10 nitrogen and oxygen atoms in total. The van der Waals surface area contributed by atoms with Crippen LogP contribution in [0.1, 0.15) is 0 Å². The van der Waals surface area contributed by atoms with E-state index in [0.717, 1.165) is 46.8 Å². The first-order valence-corrected chi connectivity index (χ1v) is 13.0. The first-order valence-electron chi connectivity index (χ1n) is 10.3. The molecule has 0 aliphatic heterocycles. The zero-order valence-corrected chi connectivity index (χ0v) is 22.2. The van der Waals surface area contributed by atoms with Crippen LogP contribution in [-0.4, -0.2) is 43.4 Å². The lowest BCUT2D eigenvalue weighted by molar-refractivity contribution is 0.414. The molecule has 0 bridgehead atoms. The molecular formula is C22H17IN8O2S2. The summed E-state index contributed by atoms with van der Waals surface area (Å²) in [7, 11) is 3.30. The van der Waals surface area contributed by atoms with Crippen LogP contribution < -0.4 is 19.5 Å². The number of hydrogen-bond acceptors (Lipinski definition) is 10. The van der Waals surface area contributed by atoms with E-state index in [1.165, 1.54) is 22.7 Å². The van der Waals surface area contributed by atoms with E-state index in [1.807, 2.05) is 70.9 Å². The average Bonchev–Trinajstić information content (AvgIpc) is 3.63. The Hall–Kier alpha value is -3.43. The highest BCUT2D eigenvalue weighted by atomic mass is 127. The highest BCUT2D eigenvalue weighted by Gasteiger charge is 2.28. The summed E-state index contributed by atoms with van der Waals surface area (Å²) >= 11 is 5.15. The van der Waals surface area contributed by atoms with Crippen molar-refractivity contribution in [3.8, 4) is 11.5 Å². The van der Waals surface area contributed by atoms with Crippen molar-refractivity contribution < 1.29 is 9.47 Å². The molecule has 0 amide bonds. The molecule has 176 valence electrons. The molecule has 0 saturated heterocycles. The van der Waals surface area contributed by atoms with Crippen LogP contribution in [-0.2, 0) is 0 Å². The fraction of sp³-hybridized carbons (Fsp3) is 0.0909. The van der Waals surface area contributed by atoms with Gasteiger partial charge in [0.2, 0.25) is 20.2 Å². The highest BCUT2D eigenvalue weighted by Crippen LogP contribution is 2.40. The molecule has 0 atom stereocenters. The van der Waals surface area contributed by atoms with Gasteiger partial charge < -0.3 is 9.47 Å². The molecular weight excluding hydrogens is 599 g/mol. The summed E-state index contributed by atoms with van der Waals surface area (Å²) in [4.78, 5) is 10.6. The van der Waals surface area contributed by atoms with Crippen LogP contribution in [0.5, 0.6) is 11.5 Å². The summed E-state index contributed by atoms with van der Waals surface area (Å²) in [5.41, 5.74) is 1.75. The third-order valence-electron chi connectivity index (χ3n) is 5.16. The minimum atomic E-state index is 0.719. The maximum atomic E-state index is 5.39. The van der Waals surface area contributed by atoms with E-state index in [1.54, 1.807) is 29.4 Å². The molecule has 35 heavy (non-hydrogen) atoms. The van der Waals surface area contributed by atoms with Crippen molar-refractivity contribution in [2.75, 3.05) is 24.2 Å². The predicted octanol–water partition coefficient (Wildman–Crippen LogP) is 5.41. The molecule has 0 spiro atoms. The number of anilines is 4. The molecule has 4 aromatic heterocycles. The van der Waals surface area contributed by atoms with Gasteiger partial charge in [-0.2, -0.15) is 0 Å². The van der Waals surface area contributed by atoms with Crippen molar-refractivity contribution in [2.45, 2.75) is 0 Å². The van der Waals surface area contributed by atoms with Gasteiger partial charge in [0.25, 0.3) is 0 Å². The number of nitrogens with zero attached hydrogens (tertiary/aromatic N) is 8. The topological polar surface area (TPSA) is 85.3 Å². The van der Waals surface area contributed by atoms with Crippen molar-refractivity contribution in [3.05, 3.63) is 70.8 Å². The zero-order valence-electron chi connectivity index (χ0n) is 18.4. The van der Waals surface area contributed by atoms with E-state index < -0.39 is 0 Å². The molecule has 0 saturated carbocycles. The summed E-state index contributed by atoms with van der Waals surface area (Å²) in [6, 6.07) is 15.6. The Morgan fingerprint density at radius 3 is 1.83 bits per heavy atom. The SMILES string of the molecule is COc1ccc(N(c2nn3ccnc3s2)N(c2ccc(OC)cc2)c2nn3cc(I)nc3s2)cc1. The third kappa shape index (κ3) is 4.04. The Kier molecular flexibility index (Phi) is 5.66. The number of hydrogen-bond donors (Lipinski definition) is 0. The molecule has 0 aliphatic rings. The summed E-state index contributed by atoms with van der Waals surface area (Å²) < 4.78 is 15.2. The third-order valence-corrected chi connectivity index (χ3v) is 7.49. The molecule has 6 rings (SSSR count). The molecule has 4 heterocycles. The van der Waals surface area contributed by atoms with Gasteiger partial charge in [0.15, 0.2) is 0 Å². The average molecular weight is 616 g/mol. The highest BCUT2D eigenvalue weighted by molar-refractivity contribution is 14.1. The standard InChI is InChI=1S/C22H17IN8O2S2/c1-32-16-7-3-14(4-8-16)30(21-26-28-12-11-24-19(28)34-21)31(15-5-9-17(33-2)10-6-15)22-27-29-13-18(23)25-20(29)35-22/h3-13H,1-2H3. The lowest BCUT2D eigenvalue weighted by atomic mass is 10.2. The Morgan fingerprint density at radius 1 is 0.771 bits per heavy atom. The first kappa shape index (κ1) is 22.1. The van der Waals surface area contributed by atoms with Gasteiger partial charge in [-0.15, -0.1) is 10.2 Å². The minimum Gasteiger partial charge on any atom is -0.497 e. The Labute approximate surface area is 221 Å². The number of hydrazine groups is 1. The van der Waals surface area contributed by atoms with E-state index in [4.69, 9.17) is 19.7 Å². The Morgan fingerprint density at radius 2 is 1.31 bits per heavy atom. The van der Waals surface area contributed by atoms with Crippen LogP contribution in [0.3, 0.4) is 0 Å². The second-order valence-corrected chi connectivity index (χ2v) is 10.2. The maximum absolute atomic E-state index is 5.39. The van der Waals surface area contributed by atoms with Gasteiger partial charge in [0, 0.05) is 6.20 Å². The van der Waals surface area contributed by atoms with E-state index in [0.29, 0.717) is 0 Å². The van der Waals surface area contributed by atoms with Crippen molar-refractivity contribution in [1.29, 1.82) is 0 Å². The summed E-state index contributed by atoms with van der Waals surface area (Å²) in [6.07, 6.45) is 5.47. The zero-order chi connectivity index (χ0) is 23.9. The fourth-order valence-corrected chi connectivity index (χ4v) is 5.96. The molecule has 0 aliphatic carbocycles. The second kappa shape index (κ2) is 8.98. The Balaban J connectivity index is 1.57. The number of methoxy groups -OCH3 is 2. The van der Waals surface area contributed by atoms with Crippen LogP contribution >= 0.6 is 45.3 Å². The van der Waals surface area contributed by atoms with Crippen molar-refractivity contribution in [3.63, 3.8) is 0 Å². The van der Waals surface area contributed by atoms with Gasteiger partial charge >= 0.3 is 0 Å². The first-order chi connectivity index (χ1) is 17.1. The largest absolute Gasteiger partial charge is 0.497 e. The number of benzene rings is 2. The van der Waals surface area contributed by atoms with Gasteiger partial charge in [-0.05, 0) is 71.1 Å². The van der Waals surface area contributed by atoms with Crippen molar-refractivity contribution in [1.82, 2.24) is 29.2 Å². The quantitative estimate of drug-likeness (QED) is 0.174.